The van der Waals surface area contributed by atoms with E-state index in [-0.39, 0.29) is 5.97 Å². The van der Waals surface area contributed by atoms with Crippen molar-refractivity contribution in [2.45, 2.75) is 148 Å². The topological polar surface area (TPSA) is 26.3 Å². The second-order valence-corrected chi connectivity index (χ2v) is 9.98. The average Bonchev–Trinajstić information content (AvgIpc) is 2.84. The van der Waals surface area contributed by atoms with E-state index < -0.39 is 0 Å². The third-order valence-corrected chi connectivity index (χ3v) is 6.85. The van der Waals surface area contributed by atoms with Crippen LogP contribution in [0.1, 0.15) is 154 Å². The minimum Gasteiger partial charge on any atom is -0.466 e. The van der Waals surface area contributed by atoms with Crippen molar-refractivity contribution in [3.63, 3.8) is 0 Å². The van der Waals surface area contributed by atoms with Crippen LogP contribution in [0.2, 0.25) is 0 Å². The van der Waals surface area contributed by atoms with Crippen LogP contribution in [-0.2, 0) is 9.53 Å². The molecule has 1 aromatic rings. The summed E-state index contributed by atoms with van der Waals surface area (Å²) in [5.74, 6) is 0.269. The Morgan fingerprint density at radius 1 is 0.636 bits per heavy atom. The molecule has 0 saturated heterocycles. The minimum absolute atomic E-state index is 0.0269. The number of carbonyl (C=O) groups excluding carboxylic acids is 1. The maximum atomic E-state index is 12.3. The Bertz CT molecular complexity index is 539. The molecule has 0 fully saturated rings. The van der Waals surface area contributed by atoms with Gasteiger partial charge in [-0.3, -0.25) is 4.79 Å². The fraction of sp³-hybridized carbons (Fsp3) is 0.774. The van der Waals surface area contributed by atoms with Crippen LogP contribution in [0.15, 0.2) is 30.3 Å². The Morgan fingerprint density at radius 2 is 1.09 bits per heavy atom. The Labute approximate surface area is 206 Å². The van der Waals surface area contributed by atoms with Crippen LogP contribution in [0.3, 0.4) is 0 Å². The number of unbranched alkanes of at least 4 members (excludes halogenated alkanes) is 16. The number of carbonyl (C=O) groups is 1. The van der Waals surface area contributed by atoms with Gasteiger partial charge in [0.25, 0.3) is 0 Å². The van der Waals surface area contributed by atoms with E-state index in [4.69, 9.17) is 4.74 Å². The largest absolute Gasteiger partial charge is 0.466 e. The second kappa shape index (κ2) is 22.5. The van der Waals surface area contributed by atoms with E-state index in [0.29, 0.717) is 18.9 Å². The monoisotopic (exact) mass is 458 g/mol. The Hall–Kier alpha value is -1.31. The molecule has 0 amide bonds. The molecule has 0 spiro atoms. The van der Waals surface area contributed by atoms with Crippen LogP contribution in [0.25, 0.3) is 0 Å². The fourth-order valence-electron chi connectivity index (χ4n) is 4.66. The molecule has 0 saturated carbocycles. The lowest BCUT2D eigenvalue weighted by molar-refractivity contribution is -0.144. The van der Waals surface area contributed by atoms with Crippen molar-refractivity contribution in [2.75, 3.05) is 6.61 Å². The van der Waals surface area contributed by atoms with Gasteiger partial charge >= 0.3 is 5.97 Å². The summed E-state index contributed by atoms with van der Waals surface area (Å²) < 4.78 is 5.55. The molecule has 1 rings (SSSR count). The summed E-state index contributed by atoms with van der Waals surface area (Å²) >= 11 is 0. The normalized spacial score (nSPS) is 12.1. The van der Waals surface area contributed by atoms with Gasteiger partial charge in [-0.15, -0.1) is 0 Å². The highest BCUT2D eigenvalue weighted by atomic mass is 16.5. The van der Waals surface area contributed by atoms with Crippen LogP contribution in [0.4, 0.5) is 0 Å². The Kier molecular flexibility index (Phi) is 20.2. The average molecular weight is 459 g/mol. The molecule has 0 aliphatic rings. The summed E-state index contributed by atoms with van der Waals surface area (Å²) in [6, 6.07) is 10.5. The standard InChI is InChI=1S/C31H54O2/c1-3-5-7-8-9-10-11-12-13-14-15-16-17-18-19-23-27-33-31(32)28-30(24-6-4-2)29-25-21-20-22-26-29/h20-22,25-26,30H,3-19,23-24,27-28H2,1-2H3. The zero-order chi connectivity index (χ0) is 23.8. The molecule has 2 nitrogen and oxygen atoms in total. The highest BCUT2D eigenvalue weighted by Crippen LogP contribution is 2.26. The first kappa shape index (κ1) is 29.7. The number of esters is 1. The van der Waals surface area contributed by atoms with Crippen molar-refractivity contribution in [3.05, 3.63) is 35.9 Å². The molecule has 33 heavy (non-hydrogen) atoms. The van der Waals surface area contributed by atoms with Crippen molar-refractivity contribution >= 4 is 5.97 Å². The lowest BCUT2D eigenvalue weighted by Crippen LogP contribution is -2.11. The summed E-state index contributed by atoms with van der Waals surface area (Å²) in [7, 11) is 0. The molecule has 0 heterocycles. The van der Waals surface area contributed by atoms with E-state index in [0.717, 1.165) is 25.7 Å². The summed E-state index contributed by atoms with van der Waals surface area (Å²) in [6.07, 6.45) is 25.7. The predicted molar refractivity (Wildman–Crippen MR) is 144 cm³/mol. The van der Waals surface area contributed by atoms with E-state index in [1.807, 2.05) is 6.07 Å². The SMILES string of the molecule is CCCCCCCCCCCCCCCCCCOC(=O)CC(CCCC)c1ccccc1. The molecule has 0 aromatic heterocycles. The lowest BCUT2D eigenvalue weighted by Gasteiger charge is -2.16. The molecule has 0 aliphatic heterocycles. The van der Waals surface area contributed by atoms with Gasteiger partial charge in [-0.05, 0) is 24.3 Å². The first-order valence-electron chi connectivity index (χ1n) is 14.5. The first-order chi connectivity index (χ1) is 16.3. The van der Waals surface area contributed by atoms with Gasteiger partial charge in [0.15, 0.2) is 0 Å². The highest BCUT2D eigenvalue weighted by molar-refractivity contribution is 5.70. The minimum atomic E-state index is -0.0269. The van der Waals surface area contributed by atoms with Crippen molar-refractivity contribution < 1.29 is 9.53 Å². The summed E-state index contributed by atoms with van der Waals surface area (Å²) in [4.78, 5) is 12.3. The maximum absolute atomic E-state index is 12.3. The van der Waals surface area contributed by atoms with E-state index in [2.05, 4.69) is 38.1 Å². The van der Waals surface area contributed by atoms with Gasteiger partial charge < -0.3 is 4.74 Å². The molecule has 1 atom stereocenters. The fourth-order valence-corrected chi connectivity index (χ4v) is 4.66. The van der Waals surface area contributed by atoms with Gasteiger partial charge in [0, 0.05) is 0 Å². The highest BCUT2D eigenvalue weighted by Gasteiger charge is 2.16. The Balaban J connectivity index is 1.92. The molecule has 0 aliphatic carbocycles. The number of ether oxygens (including phenoxy) is 1. The second-order valence-electron chi connectivity index (χ2n) is 9.98. The van der Waals surface area contributed by atoms with E-state index in [1.54, 1.807) is 0 Å². The van der Waals surface area contributed by atoms with Crippen molar-refractivity contribution in [2.24, 2.45) is 0 Å². The summed E-state index contributed by atoms with van der Waals surface area (Å²) in [6.45, 7) is 5.08. The summed E-state index contributed by atoms with van der Waals surface area (Å²) in [5.41, 5.74) is 1.27. The molecule has 0 N–H and O–H groups in total. The van der Waals surface area contributed by atoms with Gasteiger partial charge in [0.05, 0.1) is 13.0 Å². The zero-order valence-corrected chi connectivity index (χ0v) is 22.1. The molecule has 2 heteroatoms. The predicted octanol–water partition coefficient (Wildman–Crippen LogP) is 10.2. The van der Waals surface area contributed by atoms with Crippen LogP contribution in [-0.4, -0.2) is 12.6 Å². The van der Waals surface area contributed by atoms with Crippen LogP contribution in [0.5, 0.6) is 0 Å². The van der Waals surface area contributed by atoms with Gasteiger partial charge in [-0.25, -0.2) is 0 Å². The van der Waals surface area contributed by atoms with Crippen LogP contribution in [0, 0.1) is 0 Å². The molecular weight excluding hydrogens is 404 g/mol. The first-order valence-corrected chi connectivity index (χ1v) is 14.5. The molecule has 190 valence electrons. The van der Waals surface area contributed by atoms with Crippen molar-refractivity contribution in [1.29, 1.82) is 0 Å². The quantitative estimate of drug-likeness (QED) is 0.120. The van der Waals surface area contributed by atoms with Gasteiger partial charge in [-0.1, -0.05) is 153 Å². The van der Waals surface area contributed by atoms with E-state index in [1.165, 1.54) is 102 Å². The van der Waals surface area contributed by atoms with Crippen LogP contribution < -0.4 is 0 Å². The van der Waals surface area contributed by atoms with Crippen molar-refractivity contribution in [3.8, 4) is 0 Å². The third kappa shape index (κ3) is 17.8. The van der Waals surface area contributed by atoms with E-state index in [9.17, 15) is 4.79 Å². The molecular formula is C31H54O2. The number of hydrogen-bond acceptors (Lipinski definition) is 2. The lowest BCUT2D eigenvalue weighted by atomic mass is 9.91. The molecule has 1 aromatic carbocycles. The zero-order valence-electron chi connectivity index (χ0n) is 22.1. The molecule has 0 bridgehead atoms. The van der Waals surface area contributed by atoms with Crippen molar-refractivity contribution in [1.82, 2.24) is 0 Å². The molecule has 1 unspecified atom stereocenters. The number of benzene rings is 1. The number of hydrogen-bond donors (Lipinski definition) is 0. The maximum Gasteiger partial charge on any atom is 0.306 e. The molecule has 0 radical (unpaired) electrons. The van der Waals surface area contributed by atoms with Gasteiger partial charge in [0.1, 0.15) is 0 Å². The smallest absolute Gasteiger partial charge is 0.306 e. The van der Waals surface area contributed by atoms with E-state index >= 15 is 0 Å². The van der Waals surface area contributed by atoms with Crippen LogP contribution >= 0.6 is 0 Å². The van der Waals surface area contributed by atoms with Gasteiger partial charge in [0.2, 0.25) is 0 Å². The third-order valence-electron chi connectivity index (χ3n) is 6.85. The summed E-state index contributed by atoms with van der Waals surface area (Å²) in [5, 5.41) is 0. The Morgan fingerprint density at radius 3 is 1.58 bits per heavy atom. The van der Waals surface area contributed by atoms with Gasteiger partial charge in [-0.2, -0.15) is 0 Å². The number of rotatable bonds is 23.